The summed E-state index contributed by atoms with van der Waals surface area (Å²) in [5.74, 6) is 0. The van der Waals surface area contributed by atoms with Crippen LogP contribution in [0, 0.1) is 0 Å². The van der Waals surface area contributed by atoms with Gasteiger partial charge in [0.1, 0.15) is 0 Å². The monoisotopic (exact) mass is 318 g/mol. The molecule has 17 heavy (non-hydrogen) atoms. The van der Waals surface area contributed by atoms with Gasteiger partial charge in [0, 0.05) is 0 Å². The van der Waals surface area contributed by atoms with Crippen LogP contribution in [-0.4, -0.2) is 22.4 Å². The van der Waals surface area contributed by atoms with Crippen LogP contribution in [0.2, 0.25) is 0 Å². The summed E-state index contributed by atoms with van der Waals surface area (Å²) in [6, 6.07) is 0. The number of hydrogen-bond acceptors (Lipinski definition) is 2. The van der Waals surface area contributed by atoms with Crippen LogP contribution in [0.25, 0.3) is 0 Å². The topological polar surface area (TPSA) is 40.5 Å². The molecule has 0 radical (unpaired) electrons. The summed E-state index contributed by atoms with van der Waals surface area (Å²) < 4.78 is 0. The van der Waals surface area contributed by atoms with Gasteiger partial charge in [0.15, 0.2) is 0 Å². The van der Waals surface area contributed by atoms with E-state index in [0.29, 0.717) is 0 Å². The van der Waals surface area contributed by atoms with Gasteiger partial charge in [-0.25, -0.2) is 0 Å². The minimum atomic E-state index is -0.556. The molecule has 0 aromatic carbocycles. The van der Waals surface area contributed by atoms with Crippen molar-refractivity contribution in [1.29, 1.82) is 0 Å². The zero-order valence-corrected chi connectivity index (χ0v) is 13.4. The first kappa shape index (κ1) is 18.2. The van der Waals surface area contributed by atoms with E-state index in [1.807, 2.05) is 0 Å². The van der Waals surface area contributed by atoms with Gasteiger partial charge in [-0.05, 0) is 25.7 Å². The Morgan fingerprint density at radius 1 is 0.647 bits per heavy atom. The van der Waals surface area contributed by atoms with Crippen molar-refractivity contribution in [3.63, 3.8) is 0 Å². The molecule has 2 aliphatic rings. The van der Waals surface area contributed by atoms with E-state index in [-0.39, 0.29) is 12.2 Å². The SMILES string of the molecule is OC1CCCCC1.OC1CCCCC1.[Cl][Ti][Cl]. The molecule has 2 fully saturated rings. The molecular weight excluding hydrogens is 295 g/mol. The van der Waals surface area contributed by atoms with Crippen LogP contribution in [0.5, 0.6) is 0 Å². The Kier molecular flexibility index (Phi) is 14.6. The van der Waals surface area contributed by atoms with Gasteiger partial charge >= 0.3 is 35.6 Å². The summed E-state index contributed by atoms with van der Waals surface area (Å²) in [5.41, 5.74) is 0. The summed E-state index contributed by atoms with van der Waals surface area (Å²) in [4.78, 5) is 0. The van der Waals surface area contributed by atoms with Crippen LogP contribution >= 0.6 is 18.6 Å². The molecule has 0 aliphatic heterocycles. The molecule has 0 atom stereocenters. The van der Waals surface area contributed by atoms with E-state index < -0.39 is 17.0 Å². The molecule has 2 saturated carbocycles. The molecule has 0 aromatic rings. The van der Waals surface area contributed by atoms with Crippen molar-refractivity contribution in [2.75, 3.05) is 0 Å². The van der Waals surface area contributed by atoms with E-state index >= 15 is 0 Å². The van der Waals surface area contributed by atoms with Crippen molar-refractivity contribution in [3.8, 4) is 0 Å². The van der Waals surface area contributed by atoms with E-state index in [9.17, 15) is 0 Å². The van der Waals surface area contributed by atoms with Crippen molar-refractivity contribution in [2.24, 2.45) is 0 Å². The third-order valence-electron chi connectivity index (χ3n) is 3.15. The quantitative estimate of drug-likeness (QED) is 0.663. The van der Waals surface area contributed by atoms with Gasteiger partial charge in [0.05, 0.1) is 12.2 Å². The fourth-order valence-electron chi connectivity index (χ4n) is 2.16. The van der Waals surface area contributed by atoms with Gasteiger partial charge in [0.25, 0.3) is 0 Å². The Balaban J connectivity index is 0.000000247. The van der Waals surface area contributed by atoms with Crippen LogP contribution < -0.4 is 0 Å². The average Bonchev–Trinajstić information content (AvgIpc) is 2.33. The molecule has 0 bridgehead atoms. The maximum atomic E-state index is 8.91. The normalized spacial score (nSPS) is 21.6. The zero-order valence-electron chi connectivity index (χ0n) is 10.4. The predicted octanol–water partition coefficient (Wildman–Crippen LogP) is 4.00. The summed E-state index contributed by atoms with van der Waals surface area (Å²) in [6.07, 6.45) is 11.8. The van der Waals surface area contributed by atoms with Crippen molar-refractivity contribution >= 4 is 18.6 Å². The summed E-state index contributed by atoms with van der Waals surface area (Å²) >= 11 is -0.556. The number of rotatable bonds is 0. The molecule has 2 rings (SSSR count). The van der Waals surface area contributed by atoms with Crippen molar-refractivity contribution < 1.29 is 27.2 Å². The van der Waals surface area contributed by atoms with Crippen LogP contribution in [0.4, 0.5) is 0 Å². The van der Waals surface area contributed by atoms with Gasteiger partial charge in [-0.15, -0.1) is 0 Å². The van der Waals surface area contributed by atoms with Gasteiger partial charge in [-0.1, -0.05) is 38.5 Å². The van der Waals surface area contributed by atoms with Crippen LogP contribution in [0.3, 0.4) is 0 Å². The predicted molar refractivity (Wildman–Crippen MR) is 69.9 cm³/mol. The maximum absolute atomic E-state index is 8.91. The first-order valence-electron chi connectivity index (χ1n) is 6.53. The molecule has 0 heterocycles. The summed E-state index contributed by atoms with van der Waals surface area (Å²) in [7, 11) is 9.78. The molecule has 0 saturated heterocycles. The second-order valence-corrected chi connectivity index (χ2v) is 7.23. The van der Waals surface area contributed by atoms with Crippen molar-refractivity contribution in [3.05, 3.63) is 0 Å². The zero-order chi connectivity index (χ0) is 12.9. The van der Waals surface area contributed by atoms with Gasteiger partial charge in [-0.3, -0.25) is 0 Å². The molecular formula is C12H24Cl2O2Ti. The van der Waals surface area contributed by atoms with Crippen molar-refractivity contribution in [2.45, 2.75) is 76.4 Å². The van der Waals surface area contributed by atoms with Gasteiger partial charge in [0.2, 0.25) is 0 Å². The third kappa shape index (κ3) is 13.4. The molecule has 0 spiro atoms. The van der Waals surface area contributed by atoms with E-state index in [0.717, 1.165) is 25.7 Å². The summed E-state index contributed by atoms with van der Waals surface area (Å²) in [5, 5.41) is 17.8. The Hall–Kier alpha value is 1.21. The van der Waals surface area contributed by atoms with Crippen molar-refractivity contribution in [1.82, 2.24) is 0 Å². The number of aliphatic hydroxyl groups excluding tert-OH is 2. The Morgan fingerprint density at radius 3 is 1.00 bits per heavy atom. The minimum absolute atomic E-state index is 0.0359. The molecule has 2 nitrogen and oxygen atoms in total. The fourth-order valence-corrected chi connectivity index (χ4v) is 2.16. The first-order valence-corrected chi connectivity index (χ1v) is 10.8. The van der Waals surface area contributed by atoms with Crippen LogP contribution in [0.15, 0.2) is 0 Å². The number of hydrogen-bond donors (Lipinski definition) is 2. The standard InChI is InChI=1S/2C6H12O.2ClH.Ti/c2*7-6-4-2-1-3-5-6;;;/h2*6-7H,1-5H2;2*1H;/q;;;;+2/p-2. The van der Waals surface area contributed by atoms with E-state index in [1.165, 1.54) is 38.5 Å². The molecule has 2 N–H and O–H groups in total. The van der Waals surface area contributed by atoms with Crippen LogP contribution in [-0.2, 0) is 17.0 Å². The van der Waals surface area contributed by atoms with Gasteiger partial charge < -0.3 is 10.2 Å². The third-order valence-corrected chi connectivity index (χ3v) is 3.15. The Labute approximate surface area is 122 Å². The molecule has 102 valence electrons. The molecule has 0 aromatic heterocycles. The van der Waals surface area contributed by atoms with E-state index in [4.69, 9.17) is 28.8 Å². The van der Waals surface area contributed by atoms with Crippen LogP contribution in [0.1, 0.15) is 64.2 Å². The van der Waals surface area contributed by atoms with Gasteiger partial charge in [-0.2, -0.15) is 0 Å². The molecule has 5 heteroatoms. The van der Waals surface area contributed by atoms with E-state index in [2.05, 4.69) is 0 Å². The number of halogens is 2. The Morgan fingerprint density at radius 2 is 0.882 bits per heavy atom. The molecule has 0 amide bonds. The Bertz CT molecular complexity index is 133. The summed E-state index contributed by atoms with van der Waals surface area (Å²) in [6.45, 7) is 0. The first-order chi connectivity index (χ1) is 8.20. The average molecular weight is 319 g/mol. The second kappa shape index (κ2) is 13.6. The second-order valence-electron chi connectivity index (χ2n) is 4.66. The molecule has 0 unspecified atom stereocenters. The fraction of sp³-hybridized carbons (Fsp3) is 1.00. The molecule has 2 aliphatic carbocycles. The number of aliphatic hydroxyl groups is 2. The van der Waals surface area contributed by atoms with E-state index in [1.54, 1.807) is 0 Å².